The molecular formula is C19H22N2O6S. The van der Waals surface area contributed by atoms with E-state index >= 15 is 0 Å². The van der Waals surface area contributed by atoms with Crippen LogP contribution in [0.5, 0.6) is 5.75 Å². The van der Waals surface area contributed by atoms with Crippen LogP contribution in [0.3, 0.4) is 0 Å². The fourth-order valence-corrected chi connectivity index (χ4v) is 3.63. The fourth-order valence-electron chi connectivity index (χ4n) is 2.41. The standard InChI is InChI=1S/C19H22N2O6S/c1-4-26-15-8-6-14(7-9-15)21(3)28(24,25)16-10-5-13(2)17(11-16)19(23)27-12-18(20)22/h5-11H,4,12H2,1-3H3,(H2,20,22). The van der Waals surface area contributed by atoms with E-state index in [0.717, 1.165) is 4.31 Å². The number of benzene rings is 2. The topological polar surface area (TPSA) is 116 Å². The number of anilines is 1. The largest absolute Gasteiger partial charge is 0.494 e. The summed E-state index contributed by atoms with van der Waals surface area (Å²) in [5.74, 6) is -0.992. The highest BCUT2D eigenvalue weighted by Crippen LogP contribution is 2.26. The second kappa shape index (κ2) is 8.75. The molecular weight excluding hydrogens is 384 g/mol. The number of sulfonamides is 1. The van der Waals surface area contributed by atoms with Crippen molar-refractivity contribution in [2.24, 2.45) is 5.73 Å². The van der Waals surface area contributed by atoms with Crippen molar-refractivity contribution in [3.05, 3.63) is 53.6 Å². The van der Waals surface area contributed by atoms with Crippen LogP contribution in [-0.2, 0) is 19.6 Å². The quantitative estimate of drug-likeness (QED) is 0.669. The zero-order chi connectivity index (χ0) is 20.9. The van der Waals surface area contributed by atoms with Crippen LogP contribution in [0, 0.1) is 6.92 Å². The summed E-state index contributed by atoms with van der Waals surface area (Å²) in [5.41, 5.74) is 5.95. The van der Waals surface area contributed by atoms with Crippen LogP contribution >= 0.6 is 0 Å². The lowest BCUT2D eigenvalue weighted by Gasteiger charge is -2.20. The van der Waals surface area contributed by atoms with E-state index in [2.05, 4.69) is 0 Å². The van der Waals surface area contributed by atoms with Crippen molar-refractivity contribution in [1.82, 2.24) is 0 Å². The number of hydrogen-bond acceptors (Lipinski definition) is 6. The molecule has 0 bridgehead atoms. The summed E-state index contributed by atoms with van der Waals surface area (Å²) in [6.45, 7) is 3.41. The summed E-state index contributed by atoms with van der Waals surface area (Å²) < 4.78 is 37.2. The highest BCUT2D eigenvalue weighted by molar-refractivity contribution is 7.92. The Hall–Kier alpha value is -3.07. The number of primary amides is 1. The molecule has 8 nitrogen and oxygen atoms in total. The van der Waals surface area contributed by atoms with Gasteiger partial charge in [-0.3, -0.25) is 9.10 Å². The van der Waals surface area contributed by atoms with Gasteiger partial charge in [0.15, 0.2) is 6.61 Å². The lowest BCUT2D eigenvalue weighted by molar-refractivity contribution is -0.121. The van der Waals surface area contributed by atoms with E-state index in [1.54, 1.807) is 31.2 Å². The van der Waals surface area contributed by atoms with Crippen molar-refractivity contribution in [1.29, 1.82) is 0 Å². The van der Waals surface area contributed by atoms with Crippen LogP contribution in [0.15, 0.2) is 47.4 Å². The molecule has 2 N–H and O–H groups in total. The van der Waals surface area contributed by atoms with E-state index in [-0.39, 0.29) is 10.5 Å². The van der Waals surface area contributed by atoms with Crippen LogP contribution in [0.1, 0.15) is 22.8 Å². The molecule has 2 rings (SSSR count). The summed E-state index contributed by atoms with van der Waals surface area (Å²) in [7, 11) is -2.52. The Kier molecular flexibility index (Phi) is 6.63. The van der Waals surface area contributed by atoms with Crippen molar-refractivity contribution in [3.63, 3.8) is 0 Å². The highest BCUT2D eigenvalue weighted by atomic mass is 32.2. The maximum Gasteiger partial charge on any atom is 0.338 e. The Morgan fingerprint density at radius 3 is 2.32 bits per heavy atom. The minimum atomic E-state index is -3.93. The van der Waals surface area contributed by atoms with Crippen molar-refractivity contribution in [2.45, 2.75) is 18.7 Å². The zero-order valence-corrected chi connectivity index (χ0v) is 16.7. The molecule has 2 aromatic rings. The number of rotatable bonds is 8. The number of aryl methyl sites for hydroxylation is 1. The van der Waals surface area contributed by atoms with Gasteiger partial charge in [-0.1, -0.05) is 6.07 Å². The number of amides is 1. The molecule has 0 aromatic heterocycles. The molecule has 0 atom stereocenters. The molecule has 150 valence electrons. The van der Waals surface area contributed by atoms with Gasteiger partial charge in [0.05, 0.1) is 22.8 Å². The van der Waals surface area contributed by atoms with Gasteiger partial charge in [0.25, 0.3) is 15.9 Å². The third-order valence-electron chi connectivity index (χ3n) is 3.94. The lowest BCUT2D eigenvalue weighted by atomic mass is 10.1. The van der Waals surface area contributed by atoms with Gasteiger partial charge in [0, 0.05) is 7.05 Å². The minimum Gasteiger partial charge on any atom is -0.494 e. The molecule has 0 fully saturated rings. The SMILES string of the molecule is CCOc1ccc(N(C)S(=O)(=O)c2ccc(C)c(C(=O)OCC(N)=O)c2)cc1. The molecule has 28 heavy (non-hydrogen) atoms. The summed E-state index contributed by atoms with van der Waals surface area (Å²) in [6, 6.07) is 10.7. The molecule has 0 radical (unpaired) electrons. The first-order chi connectivity index (χ1) is 13.2. The zero-order valence-electron chi connectivity index (χ0n) is 15.8. The minimum absolute atomic E-state index is 0.0439. The molecule has 0 heterocycles. The number of carbonyl (C=O) groups is 2. The van der Waals surface area contributed by atoms with E-state index in [1.807, 2.05) is 6.92 Å². The number of carbonyl (C=O) groups excluding carboxylic acids is 2. The van der Waals surface area contributed by atoms with E-state index in [1.165, 1.54) is 25.2 Å². The second-order valence-corrected chi connectivity index (χ2v) is 7.89. The Bertz CT molecular complexity index is 970. The van der Waals surface area contributed by atoms with Crippen LogP contribution in [0.25, 0.3) is 0 Å². The third kappa shape index (κ3) is 4.80. The summed E-state index contributed by atoms with van der Waals surface area (Å²) >= 11 is 0. The predicted octanol–water partition coefficient (Wildman–Crippen LogP) is 1.86. The van der Waals surface area contributed by atoms with Gasteiger partial charge in [0.2, 0.25) is 0 Å². The summed E-state index contributed by atoms with van der Waals surface area (Å²) in [6.07, 6.45) is 0. The molecule has 0 aliphatic heterocycles. The van der Waals surface area contributed by atoms with Crippen LogP contribution in [0.4, 0.5) is 5.69 Å². The van der Waals surface area contributed by atoms with Crippen molar-refractivity contribution < 1.29 is 27.5 Å². The average Bonchev–Trinajstić information content (AvgIpc) is 2.66. The van der Waals surface area contributed by atoms with Gasteiger partial charge in [-0.2, -0.15) is 0 Å². The van der Waals surface area contributed by atoms with E-state index < -0.39 is 28.5 Å². The molecule has 9 heteroatoms. The first-order valence-corrected chi connectivity index (χ1v) is 9.88. The van der Waals surface area contributed by atoms with Crippen molar-refractivity contribution in [3.8, 4) is 5.75 Å². The highest BCUT2D eigenvalue weighted by Gasteiger charge is 2.24. The summed E-state index contributed by atoms with van der Waals surface area (Å²) in [4.78, 5) is 22.8. The molecule has 0 aliphatic carbocycles. The molecule has 0 saturated carbocycles. The molecule has 0 saturated heterocycles. The van der Waals surface area contributed by atoms with Gasteiger partial charge in [-0.15, -0.1) is 0 Å². The van der Waals surface area contributed by atoms with Gasteiger partial charge in [0.1, 0.15) is 5.75 Å². The van der Waals surface area contributed by atoms with Crippen LogP contribution < -0.4 is 14.8 Å². The Morgan fingerprint density at radius 1 is 1.11 bits per heavy atom. The molecule has 0 unspecified atom stereocenters. The molecule has 2 aromatic carbocycles. The predicted molar refractivity (Wildman–Crippen MR) is 104 cm³/mol. The van der Waals surface area contributed by atoms with E-state index in [4.69, 9.17) is 15.2 Å². The molecule has 1 amide bonds. The Morgan fingerprint density at radius 2 is 1.75 bits per heavy atom. The molecule has 0 aliphatic rings. The number of hydrogen-bond donors (Lipinski definition) is 1. The third-order valence-corrected chi connectivity index (χ3v) is 5.73. The monoisotopic (exact) mass is 406 g/mol. The molecule has 0 spiro atoms. The smallest absolute Gasteiger partial charge is 0.338 e. The average molecular weight is 406 g/mol. The maximum atomic E-state index is 13.0. The first kappa shape index (κ1) is 21.2. The van der Waals surface area contributed by atoms with Crippen molar-refractivity contribution in [2.75, 3.05) is 24.6 Å². The second-order valence-electron chi connectivity index (χ2n) is 5.92. The number of ether oxygens (including phenoxy) is 2. The van der Waals surface area contributed by atoms with Gasteiger partial charge in [-0.25, -0.2) is 13.2 Å². The number of esters is 1. The fraction of sp³-hybridized carbons (Fsp3) is 0.263. The van der Waals surface area contributed by atoms with Gasteiger partial charge >= 0.3 is 5.97 Å². The lowest BCUT2D eigenvalue weighted by Crippen LogP contribution is -2.27. The van der Waals surface area contributed by atoms with Crippen molar-refractivity contribution >= 4 is 27.6 Å². The first-order valence-electron chi connectivity index (χ1n) is 8.44. The van der Waals surface area contributed by atoms with Gasteiger partial charge < -0.3 is 15.2 Å². The van der Waals surface area contributed by atoms with E-state index in [9.17, 15) is 18.0 Å². The van der Waals surface area contributed by atoms with Crippen LogP contribution in [-0.4, -0.2) is 40.6 Å². The number of nitrogens with two attached hydrogens (primary N) is 1. The Labute approximate surface area is 163 Å². The maximum absolute atomic E-state index is 13.0. The Balaban J connectivity index is 2.32. The number of nitrogens with zero attached hydrogens (tertiary/aromatic N) is 1. The summed E-state index contributed by atoms with van der Waals surface area (Å²) in [5, 5.41) is 0. The van der Waals surface area contributed by atoms with Gasteiger partial charge in [-0.05, 0) is 55.8 Å². The van der Waals surface area contributed by atoms with Crippen LogP contribution in [0.2, 0.25) is 0 Å². The normalized spacial score (nSPS) is 11.0. The van der Waals surface area contributed by atoms with E-state index in [0.29, 0.717) is 23.6 Å².